The second kappa shape index (κ2) is 8.89. The van der Waals surface area contributed by atoms with Gasteiger partial charge in [0.1, 0.15) is 12.2 Å². The zero-order chi connectivity index (χ0) is 26.8. The topological polar surface area (TPSA) is 180 Å². The van der Waals surface area contributed by atoms with Crippen LogP contribution >= 0.6 is 0 Å². The molecule has 2 bridgehead atoms. The van der Waals surface area contributed by atoms with Crippen molar-refractivity contribution in [2.45, 2.75) is 96.0 Å². The van der Waals surface area contributed by atoms with Gasteiger partial charge in [0.05, 0.1) is 30.1 Å². The minimum Gasteiger partial charge on any atom is -0.455 e. The van der Waals surface area contributed by atoms with Gasteiger partial charge in [0.2, 0.25) is 5.79 Å². The maximum absolute atomic E-state index is 13.4. The molecule has 3 aliphatic rings. The van der Waals surface area contributed by atoms with Crippen molar-refractivity contribution in [3.63, 3.8) is 0 Å². The number of aliphatic hydroxyl groups excluding tert-OH is 4. The van der Waals surface area contributed by atoms with Crippen LogP contribution in [-0.4, -0.2) is 91.3 Å². The molecule has 0 aromatic rings. The Morgan fingerprint density at radius 3 is 2.14 bits per heavy atom. The lowest BCUT2D eigenvalue weighted by Crippen LogP contribution is -2.65. The second-order valence-electron chi connectivity index (χ2n) is 10.8. The zero-order valence-electron chi connectivity index (χ0n) is 20.8. The van der Waals surface area contributed by atoms with Gasteiger partial charge in [0.25, 0.3) is 0 Å². The summed E-state index contributed by atoms with van der Waals surface area (Å²) in [5.41, 5.74) is -3.97. The first-order valence-electron chi connectivity index (χ1n) is 11.7. The number of esters is 2. The number of rotatable bonds is 2. The Labute approximate surface area is 203 Å². The molecule has 1 saturated carbocycles. The molecule has 2 aliphatic heterocycles. The monoisotopic (exact) mass is 500 g/mol. The van der Waals surface area contributed by atoms with E-state index in [0.717, 1.165) is 13.8 Å². The first kappa shape index (κ1) is 27.7. The fourth-order valence-electron chi connectivity index (χ4n) is 6.08. The molecule has 3 fully saturated rings. The van der Waals surface area contributed by atoms with E-state index in [1.165, 1.54) is 20.8 Å². The lowest BCUT2D eigenvalue weighted by atomic mass is 9.69. The quantitative estimate of drug-likeness (QED) is 0.237. The Morgan fingerprint density at radius 1 is 1.06 bits per heavy atom. The Morgan fingerprint density at radius 2 is 1.63 bits per heavy atom. The van der Waals surface area contributed by atoms with Crippen molar-refractivity contribution in [2.24, 2.45) is 23.2 Å². The number of fused-ring (bicyclic) bond motifs is 4. The second-order valence-corrected chi connectivity index (χ2v) is 10.8. The van der Waals surface area contributed by atoms with Crippen molar-refractivity contribution in [3.8, 4) is 0 Å². The van der Waals surface area contributed by atoms with Crippen LogP contribution in [0.25, 0.3) is 0 Å². The van der Waals surface area contributed by atoms with Crippen molar-refractivity contribution >= 4 is 17.7 Å². The minimum atomic E-state index is -2.51. The molecule has 0 aromatic heterocycles. The third-order valence-corrected chi connectivity index (χ3v) is 8.07. The fourth-order valence-corrected chi connectivity index (χ4v) is 6.08. The van der Waals surface area contributed by atoms with Gasteiger partial charge in [-0.15, -0.1) is 0 Å². The van der Waals surface area contributed by atoms with Crippen molar-refractivity contribution in [1.82, 2.24) is 0 Å². The van der Waals surface area contributed by atoms with E-state index >= 15 is 0 Å². The SMILES string of the molecule is C=C1C(O)C2C(O)C(C)CC2(OC(C)=O)C2(O)OC(C(=O)C2C)C(C)(C)C(O)C(O)C1OC(C)=O. The van der Waals surface area contributed by atoms with Gasteiger partial charge >= 0.3 is 11.9 Å². The molecule has 11 atom stereocenters. The van der Waals surface area contributed by atoms with Crippen LogP contribution in [0.2, 0.25) is 0 Å². The average Bonchev–Trinajstić information content (AvgIpc) is 3.15. The molecule has 35 heavy (non-hydrogen) atoms. The molecule has 0 aromatic carbocycles. The number of ketones is 1. The molecule has 11 unspecified atom stereocenters. The summed E-state index contributed by atoms with van der Waals surface area (Å²) in [6, 6.07) is 0. The largest absolute Gasteiger partial charge is 0.455 e. The van der Waals surface area contributed by atoms with Crippen LogP contribution in [0.4, 0.5) is 0 Å². The summed E-state index contributed by atoms with van der Waals surface area (Å²) in [4.78, 5) is 37.6. The molecular formula is C24H36O11. The van der Waals surface area contributed by atoms with E-state index in [4.69, 9.17) is 14.2 Å². The lowest BCUT2D eigenvalue weighted by Gasteiger charge is -2.48. The van der Waals surface area contributed by atoms with Gasteiger partial charge < -0.3 is 39.7 Å². The molecule has 5 N–H and O–H groups in total. The number of Topliss-reactive ketones (excluding diaryl/α,β-unsaturated/α-hetero) is 1. The maximum Gasteiger partial charge on any atom is 0.303 e. The summed E-state index contributed by atoms with van der Waals surface area (Å²) >= 11 is 0. The molecule has 0 radical (unpaired) electrons. The van der Waals surface area contributed by atoms with E-state index in [0.29, 0.717) is 0 Å². The molecule has 1 aliphatic carbocycles. The van der Waals surface area contributed by atoms with Gasteiger partial charge in [-0.3, -0.25) is 14.4 Å². The highest BCUT2D eigenvalue weighted by molar-refractivity contribution is 5.89. The fraction of sp³-hybridized carbons (Fsp3) is 0.792. The summed E-state index contributed by atoms with van der Waals surface area (Å²) < 4.78 is 16.8. The van der Waals surface area contributed by atoms with Gasteiger partial charge in [0.15, 0.2) is 17.5 Å². The average molecular weight is 501 g/mol. The summed E-state index contributed by atoms with van der Waals surface area (Å²) in [5.74, 6) is -8.30. The van der Waals surface area contributed by atoms with Gasteiger partial charge in [-0.1, -0.05) is 34.3 Å². The predicted octanol–water partition coefficient (Wildman–Crippen LogP) is -0.792. The molecule has 0 spiro atoms. The number of hydrogen-bond donors (Lipinski definition) is 5. The van der Waals surface area contributed by atoms with Crippen molar-refractivity contribution < 1.29 is 54.1 Å². The summed E-state index contributed by atoms with van der Waals surface area (Å²) in [6.07, 6.45) is -10.2. The van der Waals surface area contributed by atoms with E-state index in [-0.39, 0.29) is 12.0 Å². The van der Waals surface area contributed by atoms with E-state index in [1.54, 1.807) is 6.92 Å². The first-order valence-corrected chi connectivity index (χ1v) is 11.7. The van der Waals surface area contributed by atoms with Crippen LogP contribution in [0.15, 0.2) is 12.2 Å². The number of aliphatic hydroxyl groups is 5. The predicted molar refractivity (Wildman–Crippen MR) is 118 cm³/mol. The number of hydrogen-bond acceptors (Lipinski definition) is 11. The third-order valence-electron chi connectivity index (χ3n) is 8.07. The molecule has 2 saturated heterocycles. The van der Waals surface area contributed by atoms with E-state index in [2.05, 4.69) is 6.58 Å². The normalized spacial score (nSPS) is 47.6. The highest BCUT2D eigenvalue weighted by Gasteiger charge is 2.75. The van der Waals surface area contributed by atoms with Gasteiger partial charge in [-0.25, -0.2) is 0 Å². The molecule has 198 valence electrons. The van der Waals surface area contributed by atoms with Gasteiger partial charge in [-0.05, 0) is 17.9 Å². The Balaban J connectivity index is 2.35. The Hall–Kier alpha value is -1.89. The van der Waals surface area contributed by atoms with E-state index in [1.807, 2.05) is 0 Å². The first-order chi connectivity index (χ1) is 15.9. The minimum absolute atomic E-state index is 0.187. The Bertz CT molecular complexity index is 915. The number of carbonyl (C=O) groups excluding carboxylic acids is 3. The van der Waals surface area contributed by atoms with Crippen LogP contribution in [0.3, 0.4) is 0 Å². The van der Waals surface area contributed by atoms with Gasteiger partial charge in [0, 0.05) is 19.3 Å². The summed E-state index contributed by atoms with van der Waals surface area (Å²) in [5, 5.41) is 56.7. The highest BCUT2D eigenvalue weighted by Crippen LogP contribution is 2.58. The van der Waals surface area contributed by atoms with Crippen LogP contribution < -0.4 is 0 Å². The number of ether oxygens (including phenoxy) is 3. The van der Waals surface area contributed by atoms with Crippen molar-refractivity contribution in [3.05, 3.63) is 12.2 Å². The van der Waals surface area contributed by atoms with Gasteiger partial charge in [-0.2, -0.15) is 0 Å². The van der Waals surface area contributed by atoms with Crippen LogP contribution in [0.5, 0.6) is 0 Å². The van der Waals surface area contributed by atoms with Crippen LogP contribution in [-0.2, 0) is 28.6 Å². The van der Waals surface area contributed by atoms with Crippen LogP contribution in [0.1, 0.15) is 48.0 Å². The van der Waals surface area contributed by atoms with E-state index in [9.17, 15) is 39.9 Å². The standard InChI is InChI=1S/C24H36O11/c1-9-8-23(34-13(5)26)14(15(9)27)16(28)10(2)19(33-12(4)25)18(30)20(31)22(6,7)21-17(29)11(3)24(23,32)35-21/h9,11,14-16,18-21,27-28,30-32H,2,8H2,1,3-7H3. The highest BCUT2D eigenvalue weighted by atomic mass is 16.7. The zero-order valence-corrected chi connectivity index (χ0v) is 20.8. The number of carbonyl (C=O) groups is 3. The molecule has 11 heteroatoms. The lowest BCUT2D eigenvalue weighted by molar-refractivity contribution is -0.333. The maximum atomic E-state index is 13.4. The van der Waals surface area contributed by atoms with Crippen LogP contribution in [0, 0.1) is 23.2 Å². The van der Waals surface area contributed by atoms with Crippen molar-refractivity contribution in [1.29, 1.82) is 0 Å². The van der Waals surface area contributed by atoms with Crippen molar-refractivity contribution in [2.75, 3.05) is 0 Å². The molecular weight excluding hydrogens is 464 g/mol. The molecule has 3 rings (SSSR count). The molecule has 11 nitrogen and oxygen atoms in total. The van der Waals surface area contributed by atoms with E-state index < -0.39 is 88.9 Å². The molecule has 0 amide bonds. The third kappa shape index (κ3) is 3.93. The smallest absolute Gasteiger partial charge is 0.303 e. The Kier molecular flexibility index (Phi) is 7.04. The summed E-state index contributed by atoms with van der Waals surface area (Å²) in [6.45, 7) is 11.7. The summed E-state index contributed by atoms with van der Waals surface area (Å²) in [7, 11) is 0. The molecule has 2 heterocycles.